The van der Waals surface area contributed by atoms with Crippen LogP contribution >= 0.6 is 0 Å². The number of aliphatic hydroxyl groups is 5. The van der Waals surface area contributed by atoms with Crippen molar-refractivity contribution in [3.05, 3.63) is 11.6 Å². The molecule has 0 radical (unpaired) electrons. The highest BCUT2D eigenvalue weighted by atomic mass is 16.7. The van der Waals surface area contributed by atoms with Gasteiger partial charge in [0.05, 0.1) is 42.7 Å². The van der Waals surface area contributed by atoms with E-state index in [1.165, 1.54) is 5.57 Å². The number of aliphatic hydroxyl groups excluding tert-OH is 4. The summed E-state index contributed by atoms with van der Waals surface area (Å²) in [5, 5.41) is 53.0. The zero-order valence-electron chi connectivity index (χ0n) is 28.2. The Morgan fingerprint density at radius 3 is 2.37 bits per heavy atom. The summed E-state index contributed by atoms with van der Waals surface area (Å²) in [5.41, 5.74) is 0.00106. The van der Waals surface area contributed by atoms with Crippen LogP contribution in [0.2, 0.25) is 0 Å². The monoisotopic (exact) mass is 606 g/mol. The molecule has 7 nitrogen and oxygen atoms in total. The molecule has 0 bridgehead atoms. The number of hydrogen-bond acceptors (Lipinski definition) is 7. The Labute approximate surface area is 260 Å². The summed E-state index contributed by atoms with van der Waals surface area (Å²) in [4.78, 5) is 0. The second-order valence-corrected chi connectivity index (χ2v) is 17.2. The molecule has 1 saturated heterocycles. The molecule has 5 aliphatic rings. The molecule has 0 spiro atoms. The largest absolute Gasteiger partial charge is 0.394 e. The first-order chi connectivity index (χ1) is 19.9. The first-order valence-corrected chi connectivity index (χ1v) is 17.3. The van der Waals surface area contributed by atoms with Crippen LogP contribution in [0.1, 0.15) is 120 Å². The first kappa shape index (κ1) is 33.8. The van der Waals surface area contributed by atoms with Crippen molar-refractivity contribution in [2.24, 2.45) is 45.3 Å². The molecule has 1 heterocycles. The fraction of sp³-hybridized carbons (Fsp3) is 0.944. The van der Waals surface area contributed by atoms with Crippen molar-refractivity contribution in [1.29, 1.82) is 0 Å². The van der Waals surface area contributed by atoms with E-state index in [4.69, 9.17) is 9.47 Å². The van der Waals surface area contributed by atoms with Crippen molar-refractivity contribution in [2.75, 3.05) is 6.61 Å². The molecule has 248 valence electrons. The van der Waals surface area contributed by atoms with Crippen molar-refractivity contribution in [3.63, 3.8) is 0 Å². The van der Waals surface area contributed by atoms with Crippen molar-refractivity contribution in [3.8, 4) is 0 Å². The molecule has 7 heteroatoms. The van der Waals surface area contributed by atoms with Gasteiger partial charge in [-0.1, -0.05) is 53.2 Å². The number of allylic oxidation sites excluding steroid dienone is 1. The zero-order valence-corrected chi connectivity index (χ0v) is 28.2. The van der Waals surface area contributed by atoms with Crippen LogP contribution in [0.5, 0.6) is 0 Å². The number of hydrogen-bond donors (Lipinski definition) is 5. The van der Waals surface area contributed by atoms with E-state index in [0.29, 0.717) is 42.9 Å². The van der Waals surface area contributed by atoms with Crippen molar-refractivity contribution in [1.82, 2.24) is 0 Å². The van der Waals surface area contributed by atoms with Crippen molar-refractivity contribution < 1.29 is 35.0 Å². The Hall–Kier alpha value is -0.540. The van der Waals surface area contributed by atoms with Gasteiger partial charge in [0, 0.05) is 23.7 Å². The van der Waals surface area contributed by atoms with E-state index < -0.39 is 36.3 Å². The SMILES string of the molecule is C[C@H](CC[C@@H](O)C(C)(C)O)[C@H]1CC[C@@]2(C)[C@@H]3CC=C4C(CC[C@H](O[C@H]5C[C@@H](O)C[C@@H](CO)O5)C4(C)C)[C@]3(C)[C@H](O)C[C@]12C. The molecule has 5 N–H and O–H groups in total. The quantitative estimate of drug-likeness (QED) is 0.236. The molecule has 1 aliphatic heterocycles. The molecule has 43 heavy (non-hydrogen) atoms. The predicted molar refractivity (Wildman–Crippen MR) is 167 cm³/mol. The highest BCUT2D eigenvalue weighted by molar-refractivity contribution is 5.31. The van der Waals surface area contributed by atoms with Crippen LogP contribution in [0.25, 0.3) is 0 Å². The smallest absolute Gasteiger partial charge is 0.160 e. The fourth-order valence-corrected chi connectivity index (χ4v) is 11.2. The van der Waals surface area contributed by atoms with Gasteiger partial charge in [-0.25, -0.2) is 0 Å². The molecule has 0 aromatic rings. The van der Waals surface area contributed by atoms with E-state index >= 15 is 0 Å². The molecule has 13 atom stereocenters. The lowest BCUT2D eigenvalue weighted by Crippen LogP contribution is -2.64. The standard InChI is InChI=1S/C36H62O7/c1-21(9-13-28(39)33(4,5)41)24-15-16-34(6)27-12-10-25-26(36(27,8)29(40)19-35(24,34)7)11-14-30(32(25,2)3)43-31-18-22(38)17-23(20-37)42-31/h10,21-24,26-31,37-41H,9,11-20H2,1-8H3/t21-,22+,23+,24-,26?,27+,28-,29-,30+,31+,34+,35-,36+/m1/s1. The average molecular weight is 607 g/mol. The molecule has 4 fully saturated rings. The Morgan fingerprint density at radius 1 is 1.02 bits per heavy atom. The van der Waals surface area contributed by atoms with Crippen LogP contribution < -0.4 is 0 Å². The van der Waals surface area contributed by atoms with Crippen LogP contribution in [0.4, 0.5) is 0 Å². The van der Waals surface area contributed by atoms with Gasteiger partial charge in [0.1, 0.15) is 0 Å². The van der Waals surface area contributed by atoms with E-state index in [2.05, 4.69) is 47.6 Å². The highest BCUT2D eigenvalue weighted by Gasteiger charge is 2.70. The van der Waals surface area contributed by atoms with Gasteiger partial charge in [-0.05, 0) is 99.7 Å². The highest BCUT2D eigenvalue weighted by Crippen LogP contribution is 2.75. The second kappa shape index (κ2) is 11.6. The van der Waals surface area contributed by atoms with Crippen molar-refractivity contribution in [2.45, 2.75) is 162 Å². The first-order valence-electron chi connectivity index (χ1n) is 17.3. The summed E-state index contributed by atoms with van der Waals surface area (Å²) in [6.45, 7) is 17.5. The predicted octanol–water partition coefficient (Wildman–Crippen LogP) is 5.35. The van der Waals surface area contributed by atoms with Gasteiger partial charge in [0.25, 0.3) is 0 Å². The average Bonchev–Trinajstić information content (AvgIpc) is 3.18. The Bertz CT molecular complexity index is 1040. The van der Waals surface area contributed by atoms with Gasteiger partial charge in [0.15, 0.2) is 6.29 Å². The Kier molecular flexibility index (Phi) is 9.13. The maximum absolute atomic E-state index is 12.2. The fourth-order valence-electron chi connectivity index (χ4n) is 11.2. The minimum atomic E-state index is -1.09. The molecule has 1 unspecified atom stereocenters. The third kappa shape index (κ3) is 5.49. The van der Waals surface area contributed by atoms with E-state index in [1.54, 1.807) is 13.8 Å². The molecule has 0 aromatic heterocycles. The zero-order chi connectivity index (χ0) is 31.8. The van der Waals surface area contributed by atoms with Gasteiger partial charge < -0.3 is 35.0 Å². The minimum Gasteiger partial charge on any atom is -0.394 e. The number of rotatable bonds is 8. The van der Waals surface area contributed by atoms with Gasteiger partial charge in [0.2, 0.25) is 0 Å². The molecule has 3 saturated carbocycles. The van der Waals surface area contributed by atoms with Crippen molar-refractivity contribution >= 4 is 0 Å². The van der Waals surface area contributed by atoms with Crippen LogP contribution in [-0.4, -0.2) is 74.6 Å². The number of ether oxygens (including phenoxy) is 2. The maximum Gasteiger partial charge on any atom is 0.160 e. The lowest BCUT2D eigenvalue weighted by Gasteiger charge is -2.67. The summed E-state index contributed by atoms with van der Waals surface area (Å²) in [7, 11) is 0. The molecule has 0 aromatic carbocycles. The topological polar surface area (TPSA) is 120 Å². The summed E-state index contributed by atoms with van der Waals surface area (Å²) >= 11 is 0. The normalized spacial score (nSPS) is 47.6. The van der Waals surface area contributed by atoms with Gasteiger partial charge >= 0.3 is 0 Å². The van der Waals surface area contributed by atoms with Gasteiger partial charge in [-0.15, -0.1) is 0 Å². The lowest BCUT2D eigenvalue weighted by atomic mass is 9.38. The summed E-state index contributed by atoms with van der Waals surface area (Å²) < 4.78 is 12.6. The van der Waals surface area contributed by atoms with Crippen LogP contribution in [0.3, 0.4) is 0 Å². The third-order valence-corrected chi connectivity index (χ3v) is 14.2. The van der Waals surface area contributed by atoms with Crippen LogP contribution in [0, 0.1) is 45.3 Å². The van der Waals surface area contributed by atoms with Gasteiger partial charge in [-0.2, -0.15) is 0 Å². The minimum absolute atomic E-state index is 0.0132. The molecule has 0 amide bonds. The molecular weight excluding hydrogens is 544 g/mol. The summed E-state index contributed by atoms with van der Waals surface area (Å²) in [6.07, 6.45) is 8.15. The lowest BCUT2D eigenvalue weighted by molar-refractivity contribution is -0.258. The number of fused-ring (bicyclic) bond motifs is 5. The summed E-state index contributed by atoms with van der Waals surface area (Å²) in [5.74, 6) is 1.56. The third-order valence-electron chi connectivity index (χ3n) is 14.2. The van der Waals surface area contributed by atoms with Gasteiger partial charge in [-0.3, -0.25) is 0 Å². The molecular formula is C36H62O7. The second-order valence-electron chi connectivity index (χ2n) is 17.2. The molecule has 5 rings (SSSR count). The molecule has 4 aliphatic carbocycles. The van der Waals surface area contributed by atoms with E-state index in [1.807, 2.05) is 0 Å². The Balaban J connectivity index is 1.36. The Morgan fingerprint density at radius 2 is 1.72 bits per heavy atom. The van der Waals surface area contributed by atoms with Crippen LogP contribution in [0.15, 0.2) is 11.6 Å². The van der Waals surface area contributed by atoms with E-state index in [-0.39, 0.29) is 34.4 Å². The van der Waals surface area contributed by atoms with E-state index in [9.17, 15) is 25.5 Å². The summed E-state index contributed by atoms with van der Waals surface area (Å²) in [6, 6.07) is 0. The van der Waals surface area contributed by atoms with E-state index in [0.717, 1.165) is 44.9 Å². The van der Waals surface area contributed by atoms with Crippen LogP contribution in [-0.2, 0) is 9.47 Å². The maximum atomic E-state index is 12.2.